The molecule has 1 aliphatic rings. The Kier molecular flexibility index (Phi) is 7.26. The molecule has 186 valence electrons. The van der Waals surface area contributed by atoms with E-state index < -0.39 is 20.6 Å². The third-order valence-corrected chi connectivity index (χ3v) is 9.10. The molecule has 8 nitrogen and oxygen atoms in total. The highest BCUT2D eigenvalue weighted by atomic mass is 32.2. The Labute approximate surface area is 212 Å². The van der Waals surface area contributed by atoms with E-state index in [0.717, 1.165) is 42.0 Å². The van der Waals surface area contributed by atoms with Gasteiger partial charge in [0.15, 0.2) is 0 Å². The number of ether oxygens (including phenoxy) is 1. The maximum Gasteiger partial charge on any atom is 0.206 e. The van der Waals surface area contributed by atoms with Crippen LogP contribution in [-0.4, -0.2) is 65.2 Å². The molecule has 1 saturated heterocycles. The highest BCUT2D eigenvalue weighted by molar-refractivity contribution is 7.91. The van der Waals surface area contributed by atoms with Crippen molar-refractivity contribution in [2.45, 2.75) is 9.79 Å². The highest BCUT2D eigenvalue weighted by Crippen LogP contribution is 2.28. The van der Waals surface area contributed by atoms with Crippen molar-refractivity contribution < 1.29 is 17.4 Å². The molecule has 0 spiro atoms. The minimum Gasteiger partial charge on any atom is -0.492 e. The van der Waals surface area contributed by atoms with E-state index in [2.05, 4.69) is 20.2 Å². The van der Waals surface area contributed by atoms with Gasteiger partial charge < -0.3 is 10.1 Å². The summed E-state index contributed by atoms with van der Waals surface area (Å²) < 4.78 is 43.2. The lowest BCUT2D eigenvalue weighted by molar-refractivity contribution is 0.221. The van der Waals surface area contributed by atoms with Crippen molar-refractivity contribution in [3.05, 3.63) is 79.1 Å². The summed E-state index contributed by atoms with van der Waals surface area (Å²) in [6, 6.07) is 20.6. The molecule has 2 heterocycles. The lowest BCUT2D eigenvalue weighted by atomic mass is 10.2. The SMILES string of the molecule is O=S1CCN(CCOc2ccc3ncnc(Nc4ccc(S(=O)(=O)c5ccccc5)cc4)c3c2)CC1. The molecule has 0 bridgehead atoms. The molecule has 5 rings (SSSR count). The molecular weight excluding hydrogens is 496 g/mol. The number of nitrogens with zero attached hydrogens (tertiary/aromatic N) is 3. The number of rotatable bonds is 8. The van der Waals surface area contributed by atoms with Crippen molar-refractivity contribution in [3.8, 4) is 5.75 Å². The number of hydrogen-bond acceptors (Lipinski definition) is 8. The van der Waals surface area contributed by atoms with Crippen LogP contribution in [0, 0.1) is 0 Å². The summed E-state index contributed by atoms with van der Waals surface area (Å²) in [6.45, 7) is 2.98. The summed E-state index contributed by atoms with van der Waals surface area (Å²) in [7, 11) is -4.26. The summed E-state index contributed by atoms with van der Waals surface area (Å²) in [5, 5.41) is 4.06. The van der Waals surface area contributed by atoms with Gasteiger partial charge >= 0.3 is 0 Å². The first kappa shape index (κ1) is 24.4. The predicted octanol–water partition coefficient (Wildman–Crippen LogP) is 3.65. The van der Waals surface area contributed by atoms with Crippen molar-refractivity contribution in [1.82, 2.24) is 14.9 Å². The van der Waals surface area contributed by atoms with Crippen LogP contribution in [-0.2, 0) is 20.6 Å². The number of anilines is 2. The first-order chi connectivity index (χ1) is 17.5. The van der Waals surface area contributed by atoms with Crippen LogP contribution < -0.4 is 10.1 Å². The highest BCUT2D eigenvalue weighted by Gasteiger charge is 2.17. The topological polar surface area (TPSA) is 101 Å². The Balaban J connectivity index is 1.29. The molecule has 10 heteroatoms. The van der Waals surface area contributed by atoms with Crippen LogP contribution in [0.15, 0.2) is 88.9 Å². The van der Waals surface area contributed by atoms with E-state index in [1.165, 1.54) is 6.33 Å². The maximum absolute atomic E-state index is 12.8. The standard InChI is InChI=1S/C26H26N4O4S2/c31-35-16-13-30(14-17-35)12-15-34-21-8-11-25-24(18-21)26(28-19-27-25)29-20-6-9-23(10-7-20)36(32,33)22-4-2-1-3-5-22/h1-11,18-19H,12-17H2,(H,27,28,29). The number of sulfone groups is 1. The number of benzene rings is 3. The molecule has 1 fully saturated rings. The second-order valence-corrected chi connectivity index (χ2v) is 12.1. The van der Waals surface area contributed by atoms with E-state index >= 15 is 0 Å². The molecule has 1 N–H and O–H groups in total. The van der Waals surface area contributed by atoms with Gasteiger partial charge in [-0.15, -0.1) is 0 Å². The van der Waals surface area contributed by atoms with Crippen molar-refractivity contribution in [2.75, 3.05) is 43.1 Å². The zero-order valence-electron chi connectivity index (χ0n) is 19.5. The molecule has 0 aliphatic carbocycles. The van der Waals surface area contributed by atoms with Gasteiger partial charge in [-0.2, -0.15) is 0 Å². The van der Waals surface area contributed by atoms with Crippen molar-refractivity contribution in [2.24, 2.45) is 0 Å². The van der Waals surface area contributed by atoms with Gasteiger partial charge in [-0.1, -0.05) is 18.2 Å². The minimum atomic E-state index is -3.58. The lowest BCUT2D eigenvalue weighted by Crippen LogP contribution is -2.39. The Hall–Kier alpha value is -3.34. The van der Waals surface area contributed by atoms with Gasteiger partial charge in [0.1, 0.15) is 24.5 Å². The van der Waals surface area contributed by atoms with E-state index in [1.807, 2.05) is 18.2 Å². The molecule has 0 unspecified atom stereocenters. The Bertz CT molecular complexity index is 1470. The average Bonchev–Trinajstić information content (AvgIpc) is 2.91. The second kappa shape index (κ2) is 10.7. The normalized spacial score (nSPS) is 15.1. The maximum atomic E-state index is 12.8. The monoisotopic (exact) mass is 522 g/mol. The summed E-state index contributed by atoms with van der Waals surface area (Å²) in [5.41, 5.74) is 1.47. The van der Waals surface area contributed by atoms with Crippen molar-refractivity contribution in [1.29, 1.82) is 0 Å². The summed E-state index contributed by atoms with van der Waals surface area (Å²) in [6.07, 6.45) is 1.49. The Morgan fingerprint density at radius 3 is 2.39 bits per heavy atom. The van der Waals surface area contributed by atoms with Gasteiger partial charge in [0.05, 0.1) is 15.3 Å². The first-order valence-corrected chi connectivity index (χ1v) is 14.6. The largest absolute Gasteiger partial charge is 0.492 e. The van der Waals surface area contributed by atoms with Gasteiger partial charge in [0.2, 0.25) is 9.84 Å². The molecule has 1 aliphatic heterocycles. The van der Waals surface area contributed by atoms with E-state index in [1.54, 1.807) is 54.6 Å². The smallest absolute Gasteiger partial charge is 0.206 e. The lowest BCUT2D eigenvalue weighted by Gasteiger charge is -2.25. The van der Waals surface area contributed by atoms with E-state index in [4.69, 9.17) is 4.74 Å². The predicted molar refractivity (Wildman–Crippen MR) is 141 cm³/mol. The summed E-state index contributed by atoms with van der Waals surface area (Å²) in [4.78, 5) is 11.5. The van der Waals surface area contributed by atoms with Crippen LogP contribution in [0.5, 0.6) is 5.75 Å². The summed E-state index contributed by atoms with van der Waals surface area (Å²) >= 11 is 0. The van der Waals surface area contributed by atoms with Crippen LogP contribution in [0.2, 0.25) is 0 Å². The van der Waals surface area contributed by atoms with Crippen LogP contribution >= 0.6 is 0 Å². The zero-order chi connectivity index (χ0) is 25.0. The number of nitrogens with one attached hydrogen (secondary N) is 1. The molecule has 3 aromatic carbocycles. The number of fused-ring (bicyclic) bond motifs is 1. The van der Waals surface area contributed by atoms with Gasteiger partial charge in [-0.05, 0) is 54.6 Å². The van der Waals surface area contributed by atoms with Crippen LogP contribution in [0.4, 0.5) is 11.5 Å². The fourth-order valence-corrected chi connectivity index (χ4v) is 6.42. The van der Waals surface area contributed by atoms with E-state index in [0.29, 0.717) is 23.9 Å². The third kappa shape index (κ3) is 5.56. The molecule has 36 heavy (non-hydrogen) atoms. The first-order valence-electron chi connectivity index (χ1n) is 11.6. The van der Waals surface area contributed by atoms with Gasteiger partial charge in [0.25, 0.3) is 0 Å². The Morgan fingerprint density at radius 2 is 1.64 bits per heavy atom. The molecule has 1 aromatic heterocycles. The molecule has 0 radical (unpaired) electrons. The van der Waals surface area contributed by atoms with Crippen LogP contribution in [0.3, 0.4) is 0 Å². The number of hydrogen-bond donors (Lipinski definition) is 1. The van der Waals surface area contributed by atoms with Crippen molar-refractivity contribution >= 4 is 43.0 Å². The van der Waals surface area contributed by atoms with E-state index in [-0.39, 0.29) is 9.79 Å². The molecular formula is C26H26N4O4S2. The Morgan fingerprint density at radius 1 is 0.917 bits per heavy atom. The summed E-state index contributed by atoms with van der Waals surface area (Å²) in [5.74, 6) is 2.76. The minimum absolute atomic E-state index is 0.224. The number of aromatic nitrogens is 2. The van der Waals surface area contributed by atoms with Gasteiger partial charge in [0, 0.05) is 53.0 Å². The molecule has 0 amide bonds. The average molecular weight is 523 g/mol. The molecule has 0 atom stereocenters. The van der Waals surface area contributed by atoms with Crippen molar-refractivity contribution in [3.63, 3.8) is 0 Å². The van der Waals surface area contributed by atoms with Crippen LogP contribution in [0.1, 0.15) is 0 Å². The van der Waals surface area contributed by atoms with Gasteiger partial charge in [-0.25, -0.2) is 18.4 Å². The van der Waals surface area contributed by atoms with Gasteiger partial charge in [-0.3, -0.25) is 9.11 Å². The fourth-order valence-electron chi connectivity index (χ4n) is 4.01. The second-order valence-electron chi connectivity index (χ2n) is 8.41. The third-order valence-electron chi connectivity index (χ3n) is 6.03. The quantitative estimate of drug-likeness (QED) is 0.374. The van der Waals surface area contributed by atoms with Crippen LogP contribution in [0.25, 0.3) is 10.9 Å². The van der Waals surface area contributed by atoms with E-state index in [9.17, 15) is 12.6 Å². The fraction of sp³-hybridized carbons (Fsp3) is 0.231. The zero-order valence-corrected chi connectivity index (χ0v) is 21.2. The molecule has 4 aromatic rings. The molecule has 0 saturated carbocycles.